The van der Waals surface area contributed by atoms with Gasteiger partial charge in [-0.05, 0) is 48.2 Å². The van der Waals surface area contributed by atoms with Crippen molar-refractivity contribution in [2.45, 2.75) is 33.4 Å². The summed E-state index contributed by atoms with van der Waals surface area (Å²) < 4.78 is 10.7. The van der Waals surface area contributed by atoms with Crippen molar-refractivity contribution in [1.82, 2.24) is 4.90 Å². The summed E-state index contributed by atoms with van der Waals surface area (Å²) in [7, 11) is 3.03. The molecule has 0 saturated heterocycles. The topological polar surface area (TPSA) is 105 Å². The molecule has 0 fully saturated rings. The maximum absolute atomic E-state index is 14.0. The van der Waals surface area contributed by atoms with Crippen molar-refractivity contribution in [2.75, 3.05) is 31.0 Å². The molecule has 40 heavy (non-hydrogen) atoms. The Bertz CT molecular complexity index is 1450. The van der Waals surface area contributed by atoms with Gasteiger partial charge in [0.2, 0.25) is 11.8 Å². The van der Waals surface area contributed by atoms with E-state index in [-0.39, 0.29) is 24.6 Å². The van der Waals surface area contributed by atoms with Crippen molar-refractivity contribution in [1.29, 1.82) is 0 Å². The molecule has 208 valence electrons. The number of rotatable bonds is 10. The second-order valence-corrected chi connectivity index (χ2v) is 9.93. The molecule has 4 rings (SSSR count). The zero-order valence-corrected chi connectivity index (χ0v) is 23.3. The van der Waals surface area contributed by atoms with Crippen LogP contribution < -0.4 is 19.7 Å². The SMILES string of the molecule is COc1ccc(NC(=O)C(C(C)C)N(Cc2ccccc2C)C(=O)CN2C(=O)C(=O)c3ccccc32)c(OC)c1. The summed E-state index contributed by atoms with van der Waals surface area (Å²) in [6.45, 7) is 5.40. The van der Waals surface area contributed by atoms with Gasteiger partial charge in [0.05, 0.1) is 31.2 Å². The Hall–Kier alpha value is -4.66. The predicted molar refractivity (Wildman–Crippen MR) is 152 cm³/mol. The van der Waals surface area contributed by atoms with E-state index in [0.29, 0.717) is 22.9 Å². The van der Waals surface area contributed by atoms with Crippen molar-refractivity contribution in [3.8, 4) is 11.5 Å². The van der Waals surface area contributed by atoms with Crippen molar-refractivity contribution in [3.05, 3.63) is 83.4 Å². The first-order chi connectivity index (χ1) is 19.2. The van der Waals surface area contributed by atoms with Crippen molar-refractivity contribution in [2.24, 2.45) is 5.92 Å². The van der Waals surface area contributed by atoms with Crippen LogP contribution in [0.5, 0.6) is 11.5 Å². The molecule has 0 aliphatic carbocycles. The van der Waals surface area contributed by atoms with Crippen LogP contribution in [-0.2, 0) is 20.9 Å². The summed E-state index contributed by atoms with van der Waals surface area (Å²) in [4.78, 5) is 55.9. The molecule has 1 N–H and O–H groups in total. The van der Waals surface area contributed by atoms with E-state index in [1.807, 2.05) is 45.0 Å². The highest BCUT2D eigenvalue weighted by Gasteiger charge is 2.39. The summed E-state index contributed by atoms with van der Waals surface area (Å²) in [5, 5.41) is 2.91. The van der Waals surface area contributed by atoms with Gasteiger partial charge in [-0.3, -0.25) is 24.1 Å². The smallest absolute Gasteiger partial charge is 0.299 e. The predicted octanol–water partition coefficient (Wildman–Crippen LogP) is 4.23. The highest BCUT2D eigenvalue weighted by molar-refractivity contribution is 6.52. The van der Waals surface area contributed by atoms with E-state index in [9.17, 15) is 19.2 Å². The van der Waals surface area contributed by atoms with Crippen LogP contribution in [0.1, 0.15) is 35.3 Å². The van der Waals surface area contributed by atoms with E-state index < -0.39 is 29.5 Å². The molecule has 1 unspecified atom stereocenters. The molecule has 0 saturated carbocycles. The third-order valence-corrected chi connectivity index (χ3v) is 7.00. The number of Topliss-reactive ketones (excluding diaryl/α,β-unsaturated/α-hetero) is 1. The number of aryl methyl sites for hydroxylation is 1. The Labute approximate surface area is 233 Å². The van der Waals surface area contributed by atoms with Gasteiger partial charge in [0.15, 0.2) is 0 Å². The van der Waals surface area contributed by atoms with Crippen LogP contribution >= 0.6 is 0 Å². The Morgan fingerprint density at radius 1 is 0.950 bits per heavy atom. The summed E-state index contributed by atoms with van der Waals surface area (Å²) in [5.74, 6) is -1.61. The van der Waals surface area contributed by atoms with E-state index in [1.165, 1.54) is 24.0 Å². The zero-order valence-electron chi connectivity index (χ0n) is 23.3. The second kappa shape index (κ2) is 12.0. The molecule has 3 aromatic rings. The van der Waals surface area contributed by atoms with Crippen molar-refractivity contribution >= 4 is 34.9 Å². The number of methoxy groups -OCH3 is 2. The van der Waals surface area contributed by atoms with Gasteiger partial charge in [-0.2, -0.15) is 0 Å². The van der Waals surface area contributed by atoms with E-state index in [1.54, 1.807) is 42.5 Å². The monoisotopic (exact) mass is 543 g/mol. The molecule has 1 atom stereocenters. The summed E-state index contributed by atoms with van der Waals surface area (Å²) in [6.07, 6.45) is 0. The molecular weight excluding hydrogens is 510 g/mol. The van der Waals surface area contributed by atoms with Gasteiger partial charge >= 0.3 is 0 Å². The zero-order chi connectivity index (χ0) is 29.0. The summed E-state index contributed by atoms with van der Waals surface area (Å²) >= 11 is 0. The minimum atomic E-state index is -0.900. The fourth-order valence-corrected chi connectivity index (χ4v) is 4.86. The molecule has 1 aliphatic rings. The van der Waals surface area contributed by atoms with E-state index in [0.717, 1.165) is 11.1 Å². The number of nitrogens with one attached hydrogen (secondary N) is 1. The fraction of sp³-hybridized carbons (Fsp3) is 0.290. The van der Waals surface area contributed by atoms with Crippen LogP contribution in [0.25, 0.3) is 0 Å². The van der Waals surface area contributed by atoms with Crippen LogP contribution in [0.15, 0.2) is 66.7 Å². The molecule has 9 heteroatoms. The third-order valence-electron chi connectivity index (χ3n) is 7.00. The van der Waals surface area contributed by atoms with Gasteiger partial charge in [0.25, 0.3) is 11.7 Å². The van der Waals surface area contributed by atoms with Gasteiger partial charge in [0.1, 0.15) is 24.1 Å². The van der Waals surface area contributed by atoms with E-state index in [2.05, 4.69) is 5.32 Å². The number of anilines is 2. The van der Waals surface area contributed by atoms with Gasteiger partial charge in [-0.15, -0.1) is 0 Å². The number of ether oxygens (including phenoxy) is 2. The standard InChI is InChI=1S/C31H33N3O6/c1-19(2)28(30(37)32-24-15-14-22(39-4)16-26(24)40-5)34(17-21-11-7-6-10-20(21)3)27(35)18-33-25-13-9-8-12-23(25)29(36)31(33)38/h6-16,19,28H,17-18H2,1-5H3,(H,32,37). The number of carbonyl (C=O) groups excluding carboxylic acids is 4. The molecule has 9 nitrogen and oxygen atoms in total. The average Bonchev–Trinajstić information content (AvgIpc) is 3.18. The lowest BCUT2D eigenvalue weighted by atomic mass is 9.99. The number of para-hydroxylation sites is 1. The lowest BCUT2D eigenvalue weighted by molar-refractivity contribution is -0.140. The number of fused-ring (bicyclic) bond motifs is 1. The Balaban J connectivity index is 1.69. The second-order valence-electron chi connectivity index (χ2n) is 9.93. The first kappa shape index (κ1) is 28.4. The average molecular weight is 544 g/mol. The van der Waals surface area contributed by atoms with Crippen molar-refractivity contribution in [3.63, 3.8) is 0 Å². The number of carbonyl (C=O) groups is 4. The van der Waals surface area contributed by atoms with Gasteiger partial charge in [-0.25, -0.2) is 0 Å². The van der Waals surface area contributed by atoms with Crippen LogP contribution in [0.3, 0.4) is 0 Å². The van der Waals surface area contributed by atoms with Gasteiger partial charge in [0, 0.05) is 12.6 Å². The molecule has 1 aliphatic heterocycles. The maximum atomic E-state index is 14.0. The molecule has 3 amide bonds. The van der Waals surface area contributed by atoms with Crippen LogP contribution in [0, 0.1) is 12.8 Å². The molecule has 0 radical (unpaired) electrons. The normalized spacial score (nSPS) is 13.2. The molecular formula is C31H33N3O6. The highest BCUT2D eigenvalue weighted by atomic mass is 16.5. The summed E-state index contributed by atoms with van der Waals surface area (Å²) in [6, 6.07) is 18.3. The lowest BCUT2D eigenvalue weighted by Crippen LogP contribution is -2.53. The van der Waals surface area contributed by atoms with E-state index >= 15 is 0 Å². The number of hydrogen-bond donors (Lipinski definition) is 1. The molecule has 0 aromatic heterocycles. The number of nitrogens with zero attached hydrogens (tertiary/aromatic N) is 2. The van der Waals surface area contributed by atoms with Crippen molar-refractivity contribution < 1.29 is 28.7 Å². The Morgan fingerprint density at radius 3 is 2.33 bits per heavy atom. The van der Waals surface area contributed by atoms with Crippen LogP contribution in [0.4, 0.5) is 11.4 Å². The minimum Gasteiger partial charge on any atom is -0.497 e. The first-order valence-electron chi connectivity index (χ1n) is 13.0. The van der Waals surface area contributed by atoms with Crippen LogP contribution in [-0.4, -0.2) is 55.2 Å². The maximum Gasteiger partial charge on any atom is 0.299 e. The molecule has 1 heterocycles. The summed E-state index contributed by atoms with van der Waals surface area (Å²) in [5.41, 5.74) is 2.89. The molecule has 0 spiro atoms. The van der Waals surface area contributed by atoms with Gasteiger partial charge in [-0.1, -0.05) is 50.2 Å². The molecule has 3 aromatic carbocycles. The number of ketones is 1. The van der Waals surface area contributed by atoms with E-state index in [4.69, 9.17) is 9.47 Å². The number of benzene rings is 3. The number of amides is 3. The molecule has 0 bridgehead atoms. The van der Waals surface area contributed by atoms with Gasteiger partial charge < -0.3 is 19.7 Å². The highest BCUT2D eigenvalue weighted by Crippen LogP contribution is 2.31. The Kier molecular flexibility index (Phi) is 8.52. The first-order valence-corrected chi connectivity index (χ1v) is 13.0. The fourth-order valence-electron chi connectivity index (χ4n) is 4.86. The number of hydrogen-bond acceptors (Lipinski definition) is 6. The third kappa shape index (κ3) is 5.68. The lowest BCUT2D eigenvalue weighted by Gasteiger charge is -2.35. The van der Waals surface area contributed by atoms with Crippen LogP contribution in [0.2, 0.25) is 0 Å². The largest absolute Gasteiger partial charge is 0.497 e. The Morgan fingerprint density at radius 2 is 1.65 bits per heavy atom. The minimum absolute atomic E-state index is 0.138. The quantitative estimate of drug-likeness (QED) is 0.384.